The van der Waals surface area contributed by atoms with Gasteiger partial charge in [0.25, 0.3) is 0 Å². The van der Waals surface area contributed by atoms with E-state index in [2.05, 4.69) is 6.58 Å². The largest absolute Gasteiger partial charge is 0.482 e. The number of hydrogen-bond donors (Lipinski definition) is 1. The third-order valence-electron chi connectivity index (χ3n) is 2.39. The van der Waals surface area contributed by atoms with Gasteiger partial charge in [-0.1, -0.05) is 19.6 Å². The molecule has 5 nitrogen and oxygen atoms in total. The van der Waals surface area contributed by atoms with Gasteiger partial charge in [-0.2, -0.15) is 0 Å². The van der Waals surface area contributed by atoms with E-state index in [1.165, 1.54) is 6.07 Å². The van der Waals surface area contributed by atoms with Crippen molar-refractivity contribution in [2.24, 2.45) is 5.73 Å². The van der Waals surface area contributed by atoms with Crippen LogP contribution < -0.4 is 10.5 Å². The smallest absolute Gasteiger partial charge is 0.310 e. The molecule has 92 valence electrons. The number of ether oxygens (including phenoxy) is 1. The van der Waals surface area contributed by atoms with Crippen LogP contribution in [-0.4, -0.2) is 11.5 Å². The predicted molar refractivity (Wildman–Crippen MR) is 65.9 cm³/mol. The second kappa shape index (κ2) is 6.00. The standard InChI is InChI=1S/C12H16N2O3/c1-3-9(2)8-17-12-6-10(7-13)4-5-11(12)14(15)16/h4-6H,2-3,7-8,13H2,1H3. The highest BCUT2D eigenvalue weighted by Crippen LogP contribution is 2.28. The zero-order valence-electron chi connectivity index (χ0n) is 9.81. The van der Waals surface area contributed by atoms with Crippen LogP contribution >= 0.6 is 0 Å². The van der Waals surface area contributed by atoms with E-state index in [1.54, 1.807) is 12.1 Å². The minimum absolute atomic E-state index is 0.0499. The van der Waals surface area contributed by atoms with Crippen molar-refractivity contribution in [3.05, 3.63) is 46.0 Å². The molecule has 0 saturated heterocycles. The molecule has 0 unspecified atom stereocenters. The summed E-state index contributed by atoms with van der Waals surface area (Å²) >= 11 is 0. The molecule has 0 aliphatic rings. The van der Waals surface area contributed by atoms with Crippen molar-refractivity contribution < 1.29 is 9.66 Å². The van der Waals surface area contributed by atoms with Crippen LogP contribution in [0, 0.1) is 10.1 Å². The number of benzene rings is 1. The van der Waals surface area contributed by atoms with Crippen molar-refractivity contribution in [2.45, 2.75) is 19.9 Å². The SMILES string of the molecule is C=C(CC)COc1cc(CN)ccc1[N+](=O)[O-]. The average molecular weight is 236 g/mol. The first-order valence-electron chi connectivity index (χ1n) is 5.35. The summed E-state index contributed by atoms with van der Waals surface area (Å²) in [6.07, 6.45) is 0.782. The van der Waals surface area contributed by atoms with Gasteiger partial charge in [0.2, 0.25) is 0 Å². The van der Waals surface area contributed by atoms with E-state index in [4.69, 9.17) is 10.5 Å². The molecule has 2 N–H and O–H groups in total. The van der Waals surface area contributed by atoms with Crippen molar-refractivity contribution in [3.63, 3.8) is 0 Å². The minimum atomic E-state index is -0.468. The third kappa shape index (κ3) is 3.57. The summed E-state index contributed by atoms with van der Waals surface area (Å²) in [5, 5.41) is 10.8. The molecular formula is C12H16N2O3. The molecule has 0 fully saturated rings. The van der Waals surface area contributed by atoms with Gasteiger partial charge in [-0.3, -0.25) is 10.1 Å². The molecule has 0 bridgehead atoms. The van der Waals surface area contributed by atoms with Crippen molar-refractivity contribution in [1.29, 1.82) is 0 Å². The van der Waals surface area contributed by atoms with E-state index < -0.39 is 4.92 Å². The van der Waals surface area contributed by atoms with Crippen LogP contribution in [0.1, 0.15) is 18.9 Å². The molecule has 1 aromatic carbocycles. The van der Waals surface area contributed by atoms with Crippen LogP contribution in [0.5, 0.6) is 5.75 Å². The molecule has 1 aromatic rings. The number of hydrogen-bond acceptors (Lipinski definition) is 4. The lowest BCUT2D eigenvalue weighted by Gasteiger charge is -2.08. The molecule has 0 heterocycles. The predicted octanol–water partition coefficient (Wildman–Crippen LogP) is 2.40. The van der Waals surface area contributed by atoms with Crippen LogP contribution in [0.15, 0.2) is 30.4 Å². The van der Waals surface area contributed by atoms with Gasteiger partial charge in [0.05, 0.1) is 4.92 Å². The molecule has 0 spiro atoms. The van der Waals surface area contributed by atoms with E-state index in [1.807, 2.05) is 6.92 Å². The molecule has 0 amide bonds. The summed E-state index contributed by atoms with van der Waals surface area (Å²) in [7, 11) is 0. The van der Waals surface area contributed by atoms with Crippen molar-refractivity contribution >= 4 is 5.69 Å². The second-order valence-electron chi connectivity index (χ2n) is 3.66. The van der Waals surface area contributed by atoms with E-state index >= 15 is 0 Å². The molecule has 0 aliphatic heterocycles. The molecular weight excluding hydrogens is 220 g/mol. The maximum atomic E-state index is 10.8. The fraction of sp³-hybridized carbons (Fsp3) is 0.333. The highest BCUT2D eigenvalue weighted by atomic mass is 16.6. The van der Waals surface area contributed by atoms with E-state index in [9.17, 15) is 10.1 Å². The quantitative estimate of drug-likeness (QED) is 0.467. The first-order chi connectivity index (χ1) is 8.08. The van der Waals surface area contributed by atoms with Gasteiger partial charge in [0.15, 0.2) is 5.75 Å². The number of nitro groups is 1. The van der Waals surface area contributed by atoms with E-state index in [-0.39, 0.29) is 18.0 Å². The molecule has 0 aromatic heterocycles. The maximum Gasteiger partial charge on any atom is 0.310 e. The van der Waals surface area contributed by atoms with Crippen LogP contribution in [0.3, 0.4) is 0 Å². The Morgan fingerprint density at radius 3 is 2.82 bits per heavy atom. The Balaban J connectivity index is 2.93. The highest BCUT2D eigenvalue weighted by molar-refractivity contribution is 5.48. The first kappa shape index (κ1) is 13.2. The summed E-state index contributed by atoms with van der Waals surface area (Å²) < 4.78 is 5.40. The minimum Gasteiger partial charge on any atom is -0.482 e. The summed E-state index contributed by atoms with van der Waals surface area (Å²) in [5.74, 6) is 0.243. The van der Waals surface area contributed by atoms with Crippen molar-refractivity contribution in [1.82, 2.24) is 0 Å². The van der Waals surface area contributed by atoms with Gasteiger partial charge in [-0.25, -0.2) is 0 Å². The third-order valence-corrected chi connectivity index (χ3v) is 2.39. The monoisotopic (exact) mass is 236 g/mol. The number of nitro benzene ring substituents is 1. The molecule has 5 heteroatoms. The van der Waals surface area contributed by atoms with Gasteiger partial charge < -0.3 is 10.5 Å². The lowest BCUT2D eigenvalue weighted by Crippen LogP contribution is -2.04. The molecule has 0 atom stereocenters. The van der Waals surface area contributed by atoms with Crippen LogP contribution in [-0.2, 0) is 6.54 Å². The fourth-order valence-corrected chi connectivity index (χ4v) is 1.23. The van der Waals surface area contributed by atoms with E-state index in [0.29, 0.717) is 6.54 Å². The lowest BCUT2D eigenvalue weighted by atomic mass is 10.2. The Hall–Kier alpha value is -1.88. The topological polar surface area (TPSA) is 78.4 Å². The zero-order valence-corrected chi connectivity index (χ0v) is 9.81. The Bertz CT molecular complexity index is 430. The summed E-state index contributed by atoms with van der Waals surface area (Å²) in [4.78, 5) is 10.3. The van der Waals surface area contributed by atoms with Crippen molar-refractivity contribution in [2.75, 3.05) is 6.61 Å². The van der Waals surface area contributed by atoms with Gasteiger partial charge >= 0.3 is 5.69 Å². The van der Waals surface area contributed by atoms with E-state index in [0.717, 1.165) is 17.6 Å². The molecule has 0 radical (unpaired) electrons. The number of rotatable bonds is 6. The second-order valence-corrected chi connectivity index (χ2v) is 3.66. The van der Waals surface area contributed by atoms with Gasteiger partial charge in [-0.15, -0.1) is 0 Å². The average Bonchev–Trinajstić information content (AvgIpc) is 2.35. The zero-order chi connectivity index (χ0) is 12.8. The number of nitrogens with zero attached hydrogens (tertiary/aromatic N) is 1. The van der Waals surface area contributed by atoms with Gasteiger partial charge in [0, 0.05) is 12.6 Å². The Kier molecular flexibility index (Phi) is 4.66. The Labute approximate surface area is 100 Å². The van der Waals surface area contributed by atoms with Gasteiger partial charge in [-0.05, 0) is 23.6 Å². The summed E-state index contributed by atoms with van der Waals surface area (Å²) in [6.45, 7) is 6.35. The molecule has 1 rings (SSSR count). The first-order valence-corrected chi connectivity index (χ1v) is 5.35. The Morgan fingerprint density at radius 1 is 1.59 bits per heavy atom. The lowest BCUT2D eigenvalue weighted by molar-refractivity contribution is -0.385. The fourth-order valence-electron chi connectivity index (χ4n) is 1.23. The van der Waals surface area contributed by atoms with Crippen molar-refractivity contribution in [3.8, 4) is 5.75 Å². The van der Waals surface area contributed by atoms with Crippen LogP contribution in [0.2, 0.25) is 0 Å². The Morgan fingerprint density at radius 2 is 2.29 bits per heavy atom. The molecule has 17 heavy (non-hydrogen) atoms. The number of nitrogens with two attached hydrogens (primary N) is 1. The molecule has 0 saturated carbocycles. The molecule has 0 aliphatic carbocycles. The summed E-state index contributed by atoms with van der Waals surface area (Å²) in [5.41, 5.74) is 7.12. The highest BCUT2D eigenvalue weighted by Gasteiger charge is 2.15. The van der Waals surface area contributed by atoms with Crippen LogP contribution in [0.4, 0.5) is 5.69 Å². The van der Waals surface area contributed by atoms with Gasteiger partial charge in [0.1, 0.15) is 6.61 Å². The normalized spacial score (nSPS) is 10.0. The maximum absolute atomic E-state index is 10.8. The van der Waals surface area contributed by atoms with Crippen LogP contribution in [0.25, 0.3) is 0 Å². The summed E-state index contributed by atoms with van der Waals surface area (Å²) in [6, 6.07) is 4.63.